The Morgan fingerprint density at radius 2 is 2.40 bits per heavy atom. The van der Waals surface area contributed by atoms with Crippen molar-refractivity contribution in [2.75, 3.05) is 6.54 Å². The molecular formula is C11H19N3O. The monoisotopic (exact) mass is 209 g/mol. The molecule has 0 aromatic rings. The number of nitrogens with two attached hydrogens (primary N) is 1. The fourth-order valence-electron chi connectivity index (χ4n) is 1.79. The molecule has 1 unspecified atom stereocenters. The summed E-state index contributed by atoms with van der Waals surface area (Å²) in [7, 11) is 0. The van der Waals surface area contributed by atoms with E-state index in [2.05, 4.69) is 18.4 Å². The van der Waals surface area contributed by atoms with E-state index >= 15 is 0 Å². The molecule has 4 nitrogen and oxygen atoms in total. The summed E-state index contributed by atoms with van der Waals surface area (Å²) in [6.07, 6.45) is 6.86. The van der Waals surface area contributed by atoms with Crippen molar-refractivity contribution < 1.29 is 4.79 Å². The van der Waals surface area contributed by atoms with E-state index in [1.54, 1.807) is 0 Å². The minimum absolute atomic E-state index is 0.161. The van der Waals surface area contributed by atoms with Gasteiger partial charge in [0.05, 0.1) is 5.54 Å². The molecule has 0 saturated carbocycles. The molecule has 15 heavy (non-hydrogen) atoms. The van der Waals surface area contributed by atoms with Gasteiger partial charge < -0.3 is 11.2 Å². The summed E-state index contributed by atoms with van der Waals surface area (Å²) in [6.45, 7) is 6.93. The second-order valence-corrected chi connectivity index (χ2v) is 3.91. The highest BCUT2D eigenvalue weighted by Crippen LogP contribution is 2.26. The van der Waals surface area contributed by atoms with Gasteiger partial charge in [-0.2, -0.15) is 0 Å². The maximum Gasteiger partial charge on any atom is 0.265 e. The minimum atomic E-state index is -0.405. The average molecular weight is 209 g/mol. The molecule has 0 radical (unpaired) electrons. The van der Waals surface area contributed by atoms with Crippen LogP contribution in [0.25, 0.3) is 0 Å². The van der Waals surface area contributed by atoms with Crippen LogP contribution in [0.1, 0.15) is 27.2 Å². The van der Waals surface area contributed by atoms with E-state index in [9.17, 15) is 4.79 Å². The van der Waals surface area contributed by atoms with Crippen LogP contribution in [0.4, 0.5) is 0 Å². The van der Waals surface area contributed by atoms with E-state index in [1.807, 2.05) is 31.0 Å². The number of hydrazine groups is 1. The summed E-state index contributed by atoms with van der Waals surface area (Å²) >= 11 is 0. The second-order valence-electron chi connectivity index (χ2n) is 3.91. The molecule has 1 heterocycles. The summed E-state index contributed by atoms with van der Waals surface area (Å²) < 4.78 is 0. The third kappa shape index (κ3) is 2.39. The van der Waals surface area contributed by atoms with Crippen LogP contribution in [0.5, 0.6) is 0 Å². The number of carbonyl (C=O) groups is 1. The van der Waals surface area contributed by atoms with E-state index < -0.39 is 5.91 Å². The Morgan fingerprint density at radius 3 is 2.87 bits per heavy atom. The first-order chi connectivity index (χ1) is 7.03. The topological polar surface area (TPSA) is 58.4 Å². The SMILES string of the molecule is CC=CCC1(C)C=C(C(N)=O)NN1CC. The Kier molecular flexibility index (Phi) is 3.52. The summed E-state index contributed by atoms with van der Waals surface area (Å²) in [5.74, 6) is -0.405. The molecule has 1 aliphatic heterocycles. The van der Waals surface area contributed by atoms with Crippen molar-refractivity contribution in [2.24, 2.45) is 5.73 Å². The Labute approximate surface area is 90.8 Å². The highest BCUT2D eigenvalue weighted by Gasteiger charge is 2.35. The van der Waals surface area contributed by atoms with Gasteiger partial charge in [0, 0.05) is 6.54 Å². The number of likely N-dealkylation sites (N-methyl/N-ethyl adjacent to an activating group) is 1. The summed E-state index contributed by atoms with van der Waals surface area (Å²) in [5.41, 5.74) is 8.60. The molecule has 0 aromatic carbocycles. The molecule has 0 aliphatic carbocycles. The van der Waals surface area contributed by atoms with Gasteiger partial charge in [-0.1, -0.05) is 19.1 Å². The van der Waals surface area contributed by atoms with Gasteiger partial charge in [0.2, 0.25) is 0 Å². The number of amides is 1. The van der Waals surface area contributed by atoms with Crippen molar-refractivity contribution >= 4 is 5.91 Å². The Balaban J connectivity index is 2.87. The average Bonchev–Trinajstić information content (AvgIpc) is 2.53. The van der Waals surface area contributed by atoms with E-state index in [1.165, 1.54) is 0 Å². The molecule has 1 rings (SSSR count). The van der Waals surface area contributed by atoms with Crippen LogP contribution >= 0.6 is 0 Å². The first kappa shape index (κ1) is 11.8. The summed E-state index contributed by atoms with van der Waals surface area (Å²) in [6, 6.07) is 0. The van der Waals surface area contributed by atoms with Gasteiger partial charge in [-0.25, -0.2) is 5.01 Å². The van der Waals surface area contributed by atoms with Crippen LogP contribution in [-0.4, -0.2) is 23.0 Å². The molecule has 0 fully saturated rings. The van der Waals surface area contributed by atoms with E-state index in [4.69, 9.17) is 5.73 Å². The second kappa shape index (κ2) is 4.49. The van der Waals surface area contributed by atoms with Gasteiger partial charge in [0.15, 0.2) is 0 Å². The number of nitrogens with zero attached hydrogens (tertiary/aromatic N) is 1. The quantitative estimate of drug-likeness (QED) is 0.677. The first-order valence-corrected chi connectivity index (χ1v) is 5.21. The van der Waals surface area contributed by atoms with Gasteiger partial charge in [0.1, 0.15) is 5.70 Å². The molecule has 1 amide bonds. The zero-order valence-corrected chi connectivity index (χ0v) is 9.58. The van der Waals surface area contributed by atoms with Crippen molar-refractivity contribution in [1.29, 1.82) is 0 Å². The third-order valence-corrected chi connectivity index (χ3v) is 2.68. The number of hydrogen-bond donors (Lipinski definition) is 2. The zero-order chi connectivity index (χ0) is 11.5. The van der Waals surface area contributed by atoms with Crippen LogP contribution in [0.15, 0.2) is 23.9 Å². The highest BCUT2D eigenvalue weighted by atomic mass is 16.1. The number of rotatable bonds is 4. The van der Waals surface area contributed by atoms with Crippen molar-refractivity contribution in [3.05, 3.63) is 23.9 Å². The lowest BCUT2D eigenvalue weighted by atomic mass is 9.96. The standard InChI is InChI=1S/C11H19N3O/c1-4-6-7-11(3)8-9(10(12)15)13-14(11)5-2/h4,6,8,13H,5,7H2,1-3H3,(H2,12,15). The predicted molar refractivity (Wildman–Crippen MR) is 60.6 cm³/mol. The van der Waals surface area contributed by atoms with Gasteiger partial charge in [-0.15, -0.1) is 0 Å². The number of allylic oxidation sites excluding steroid dienone is 1. The van der Waals surface area contributed by atoms with Crippen molar-refractivity contribution in [1.82, 2.24) is 10.4 Å². The largest absolute Gasteiger partial charge is 0.364 e. The summed E-state index contributed by atoms with van der Waals surface area (Å²) in [5, 5.41) is 2.02. The molecule has 3 N–H and O–H groups in total. The first-order valence-electron chi connectivity index (χ1n) is 5.21. The Morgan fingerprint density at radius 1 is 1.73 bits per heavy atom. The maximum atomic E-state index is 11.1. The Bertz CT molecular complexity index is 309. The van der Waals surface area contributed by atoms with Crippen molar-refractivity contribution in [3.63, 3.8) is 0 Å². The maximum absolute atomic E-state index is 11.1. The number of primary amides is 1. The molecule has 0 spiro atoms. The lowest BCUT2D eigenvalue weighted by molar-refractivity contribution is -0.115. The summed E-state index contributed by atoms with van der Waals surface area (Å²) in [4.78, 5) is 11.1. The molecule has 84 valence electrons. The molecule has 0 aromatic heterocycles. The van der Waals surface area contributed by atoms with Crippen molar-refractivity contribution in [3.8, 4) is 0 Å². The Hall–Kier alpha value is -1.29. The smallest absolute Gasteiger partial charge is 0.265 e. The third-order valence-electron chi connectivity index (χ3n) is 2.68. The molecule has 0 bridgehead atoms. The van der Waals surface area contributed by atoms with Gasteiger partial charge in [0.25, 0.3) is 5.91 Å². The van der Waals surface area contributed by atoms with Crippen LogP contribution in [-0.2, 0) is 4.79 Å². The van der Waals surface area contributed by atoms with E-state index in [-0.39, 0.29) is 5.54 Å². The van der Waals surface area contributed by atoms with Crippen molar-refractivity contribution in [2.45, 2.75) is 32.7 Å². The van der Waals surface area contributed by atoms with Crippen LogP contribution < -0.4 is 11.2 Å². The lowest BCUT2D eigenvalue weighted by Crippen LogP contribution is -2.47. The predicted octanol–water partition coefficient (Wildman–Crippen LogP) is 0.921. The fraction of sp³-hybridized carbons (Fsp3) is 0.545. The van der Waals surface area contributed by atoms with Gasteiger partial charge in [-0.05, 0) is 26.3 Å². The number of nitrogens with one attached hydrogen (secondary N) is 1. The minimum Gasteiger partial charge on any atom is -0.364 e. The molecular weight excluding hydrogens is 190 g/mol. The fourth-order valence-corrected chi connectivity index (χ4v) is 1.79. The molecule has 4 heteroatoms. The highest BCUT2D eigenvalue weighted by molar-refractivity contribution is 5.91. The molecule has 1 aliphatic rings. The van der Waals surface area contributed by atoms with E-state index in [0.29, 0.717) is 5.70 Å². The molecule has 0 saturated heterocycles. The number of carbonyl (C=O) groups excluding carboxylic acids is 1. The van der Waals surface area contributed by atoms with Crippen LogP contribution in [0, 0.1) is 0 Å². The van der Waals surface area contributed by atoms with Gasteiger partial charge in [-0.3, -0.25) is 4.79 Å². The molecule has 1 atom stereocenters. The van der Waals surface area contributed by atoms with Crippen LogP contribution in [0.2, 0.25) is 0 Å². The zero-order valence-electron chi connectivity index (χ0n) is 9.58. The lowest BCUT2D eigenvalue weighted by Gasteiger charge is -2.32. The van der Waals surface area contributed by atoms with Gasteiger partial charge >= 0.3 is 0 Å². The van der Waals surface area contributed by atoms with E-state index in [0.717, 1.165) is 13.0 Å². The normalized spacial score (nSPS) is 26.7. The van der Waals surface area contributed by atoms with Crippen LogP contribution in [0.3, 0.4) is 0 Å². The number of hydrogen-bond acceptors (Lipinski definition) is 3.